The van der Waals surface area contributed by atoms with Crippen LogP contribution in [0.15, 0.2) is 24.3 Å². The standard InChI is InChI=1S/C15H25NO/c1-4-7-12(2)14(11-16)10-13-8-5-6-9-15(13)17-3/h5-6,8-9,12,14H,4,7,10-11,16H2,1-3H3. The van der Waals surface area contributed by atoms with Gasteiger partial charge in [0.05, 0.1) is 7.11 Å². The molecule has 1 aromatic carbocycles. The molecule has 17 heavy (non-hydrogen) atoms. The van der Waals surface area contributed by atoms with Crippen molar-refractivity contribution in [2.75, 3.05) is 13.7 Å². The molecule has 2 heteroatoms. The van der Waals surface area contributed by atoms with E-state index < -0.39 is 0 Å². The number of benzene rings is 1. The first-order valence-corrected chi connectivity index (χ1v) is 6.54. The molecule has 0 fully saturated rings. The van der Waals surface area contributed by atoms with E-state index in [1.54, 1.807) is 7.11 Å². The van der Waals surface area contributed by atoms with E-state index >= 15 is 0 Å². The van der Waals surface area contributed by atoms with Gasteiger partial charge in [-0.2, -0.15) is 0 Å². The smallest absolute Gasteiger partial charge is 0.122 e. The number of nitrogens with two attached hydrogens (primary N) is 1. The lowest BCUT2D eigenvalue weighted by atomic mass is 9.85. The van der Waals surface area contributed by atoms with Crippen LogP contribution in [0.2, 0.25) is 0 Å². The van der Waals surface area contributed by atoms with Crippen molar-refractivity contribution in [3.05, 3.63) is 29.8 Å². The van der Waals surface area contributed by atoms with Crippen molar-refractivity contribution in [3.8, 4) is 5.75 Å². The van der Waals surface area contributed by atoms with E-state index in [0.717, 1.165) is 18.7 Å². The van der Waals surface area contributed by atoms with Crippen LogP contribution in [0.3, 0.4) is 0 Å². The second-order valence-electron chi connectivity index (χ2n) is 4.78. The van der Waals surface area contributed by atoms with Gasteiger partial charge in [-0.15, -0.1) is 0 Å². The Morgan fingerprint density at radius 2 is 2.00 bits per heavy atom. The summed E-state index contributed by atoms with van der Waals surface area (Å²) in [6.07, 6.45) is 3.49. The quantitative estimate of drug-likeness (QED) is 0.787. The first-order valence-electron chi connectivity index (χ1n) is 6.54. The Morgan fingerprint density at radius 1 is 1.29 bits per heavy atom. The summed E-state index contributed by atoms with van der Waals surface area (Å²) in [5.41, 5.74) is 7.17. The van der Waals surface area contributed by atoms with Crippen molar-refractivity contribution < 1.29 is 4.74 Å². The molecule has 2 unspecified atom stereocenters. The molecule has 1 aromatic rings. The third kappa shape index (κ3) is 4.04. The molecule has 2 atom stereocenters. The van der Waals surface area contributed by atoms with Crippen LogP contribution in [0.25, 0.3) is 0 Å². The molecule has 0 spiro atoms. The third-order valence-corrected chi connectivity index (χ3v) is 3.53. The van der Waals surface area contributed by atoms with Gasteiger partial charge in [0, 0.05) is 0 Å². The van der Waals surface area contributed by atoms with Crippen molar-refractivity contribution in [2.45, 2.75) is 33.1 Å². The molecule has 0 bridgehead atoms. The molecule has 0 aromatic heterocycles. The maximum absolute atomic E-state index is 5.90. The highest BCUT2D eigenvalue weighted by atomic mass is 16.5. The zero-order valence-corrected chi connectivity index (χ0v) is 11.3. The largest absolute Gasteiger partial charge is 0.496 e. The lowest BCUT2D eigenvalue weighted by molar-refractivity contribution is 0.334. The zero-order chi connectivity index (χ0) is 12.7. The van der Waals surface area contributed by atoms with Crippen molar-refractivity contribution in [1.29, 1.82) is 0 Å². The number of hydrogen-bond donors (Lipinski definition) is 1. The molecule has 0 aliphatic rings. The van der Waals surface area contributed by atoms with E-state index in [9.17, 15) is 0 Å². The van der Waals surface area contributed by atoms with E-state index in [-0.39, 0.29) is 0 Å². The van der Waals surface area contributed by atoms with Gasteiger partial charge < -0.3 is 10.5 Å². The van der Waals surface area contributed by atoms with Crippen LogP contribution in [0.5, 0.6) is 5.75 Å². The highest BCUT2D eigenvalue weighted by Crippen LogP contribution is 2.25. The number of hydrogen-bond acceptors (Lipinski definition) is 2. The summed E-state index contributed by atoms with van der Waals surface area (Å²) >= 11 is 0. The van der Waals surface area contributed by atoms with Gasteiger partial charge in [-0.1, -0.05) is 44.9 Å². The second kappa shape index (κ2) is 7.33. The van der Waals surface area contributed by atoms with E-state index in [4.69, 9.17) is 10.5 Å². The molecule has 0 saturated heterocycles. The lowest BCUT2D eigenvalue weighted by Gasteiger charge is -2.23. The summed E-state index contributed by atoms with van der Waals surface area (Å²) in [6.45, 7) is 5.28. The summed E-state index contributed by atoms with van der Waals surface area (Å²) in [6, 6.07) is 8.23. The monoisotopic (exact) mass is 235 g/mol. The average molecular weight is 235 g/mol. The average Bonchev–Trinajstić information content (AvgIpc) is 2.36. The molecule has 2 N–H and O–H groups in total. The fourth-order valence-corrected chi connectivity index (χ4v) is 2.36. The highest BCUT2D eigenvalue weighted by Gasteiger charge is 2.17. The minimum Gasteiger partial charge on any atom is -0.496 e. The first kappa shape index (κ1) is 14.0. The van der Waals surface area contributed by atoms with Gasteiger partial charge >= 0.3 is 0 Å². The molecule has 2 nitrogen and oxygen atoms in total. The number of ether oxygens (including phenoxy) is 1. The van der Waals surface area contributed by atoms with E-state index in [1.807, 2.05) is 12.1 Å². The predicted molar refractivity (Wildman–Crippen MR) is 73.3 cm³/mol. The minimum atomic E-state index is 0.547. The first-order chi connectivity index (χ1) is 8.22. The van der Waals surface area contributed by atoms with Gasteiger partial charge in [0.25, 0.3) is 0 Å². The van der Waals surface area contributed by atoms with Gasteiger partial charge in [0.15, 0.2) is 0 Å². The normalized spacial score (nSPS) is 14.4. The Balaban J connectivity index is 2.73. The number of rotatable bonds is 7. The van der Waals surface area contributed by atoms with Crippen LogP contribution in [-0.2, 0) is 6.42 Å². The van der Waals surface area contributed by atoms with Gasteiger partial charge in [-0.3, -0.25) is 0 Å². The Kier molecular flexibility index (Phi) is 6.06. The van der Waals surface area contributed by atoms with Gasteiger partial charge in [-0.25, -0.2) is 0 Å². The summed E-state index contributed by atoms with van der Waals surface area (Å²) in [5.74, 6) is 2.20. The summed E-state index contributed by atoms with van der Waals surface area (Å²) in [4.78, 5) is 0. The van der Waals surface area contributed by atoms with Gasteiger partial charge in [0.1, 0.15) is 5.75 Å². The van der Waals surface area contributed by atoms with Crippen LogP contribution in [0.4, 0.5) is 0 Å². The molecule has 0 heterocycles. The Hall–Kier alpha value is -1.02. The van der Waals surface area contributed by atoms with Crippen molar-refractivity contribution in [1.82, 2.24) is 0 Å². The molecule has 1 rings (SSSR count). The van der Waals surface area contributed by atoms with Crippen molar-refractivity contribution in [3.63, 3.8) is 0 Å². The Bertz CT molecular complexity index is 324. The molecule has 0 radical (unpaired) electrons. The van der Waals surface area contributed by atoms with Crippen LogP contribution in [0, 0.1) is 11.8 Å². The summed E-state index contributed by atoms with van der Waals surface area (Å²) in [5, 5.41) is 0. The molecule has 0 aliphatic heterocycles. The summed E-state index contributed by atoms with van der Waals surface area (Å²) in [7, 11) is 1.73. The second-order valence-corrected chi connectivity index (χ2v) is 4.78. The van der Waals surface area contributed by atoms with Crippen LogP contribution in [0.1, 0.15) is 32.3 Å². The molecule has 0 amide bonds. The maximum atomic E-state index is 5.90. The predicted octanol–water partition coefficient (Wildman–Crippen LogP) is 3.25. The molecule has 0 aliphatic carbocycles. The summed E-state index contributed by atoms with van der Waals surface area (Å²) < 4.78 is 5.39. The topological polar surface area (TPSA) is 35.2 Å². The van der Waals surface area contributed by atoms with E-state index in [2.05, 4.69) is 26.0 Å². The van der Waals surface area contributed by atoms with Gasteiger partial charge in [0.2, 0.25) is 0 Å². The molecular weight excluding hydrogens is 210 g/mol. The third-order valence-electron chi connectivity index (χ3n) is 3.53. The fraction of sp³-hybridized carbons (Fsp3) is 0.600. The number of methoxy groups -OCH3 is 1. The lowest BCUT2D eigenvalue weighted by Crippen LogP contribution is -2.24. The maximum Gasteiger partial charge on any atom is 0.122 e. The Morgan fingerprint density at radius 3 is 2.59 bits per heavy atom. The molecule has 0 saturated carbocycles. The Labute approximate surface area is 105 Å². The van der Waals surface area contributed by atoms with E-state index in [1.165, 1.54) is 18.4 Å². The van der Waals surface area contributed by atoms with Crippen LogP contribution >= 0.6 is 0 Å². The fourth-order valence-electron chi connectivity index (χ4n) is 2.36. The number of para-hydroxylation sites is 1. The highest BCUT2D eigenvalue weighted by molar-refractivity contribution is 5.33. The van der Waals surface area contributed by atoms with Crippen molar-refractivity contribution in [2.24, 2.45) is 17.6 Å². The van der Waals surface area contributed by atoms with Gasteiger partial charge in [-0.05, 0) is 36.4 Å². The minimum absolute atomic E-state index is 0.547. The van der Waals surface area contributed by atoms with E-state index in [0.29, 0.717) is 11.8 Å². The SMILES string of the molecule is CCCC(C)C(CN)Cc1ccccc1OC. The van der Waals surface area contributed by atoms with Crippen molar-refractivity contribution >= 4 is 0 Å². The van der Waals surface area contributed by atoms with Crippen LogP contribution in [-0.4, -0.2) is 13.7 Å². The zero-order valence-electron chi connectivity index (χ0n) is 11.3. The van der Waals surface area contributed by atoms with Crippen LogP contribution < -0.4 is 10.5 Å². The molecular formula is C15H25NO. The molecule has 96 valence electrons.